The average molecular weight is 462 g/mol. The molecular weight excluding hydrogens is 434 g/mol. The van der Waals surface area contributed by atoms with Gasteiger partial charge < -0.3 is 19.3 Å². The second-order valence-corrected chi connectivity index (χ2v) is 8.48. The molecule has 7 heteroatoms. The second kappa shape index (κ2) is 9.55. The summed E-state index contributed by atoms with van der Waals surface area (Å²) in [6.07, 6.45) is 1.13. The number of rotatable bonds is 8. The van der Waals surface area contributed by atoms with Crippen molar-refractivity contribution in [3.05, 3.63) is 69.8 Å². The Kier molecular flexibility index (Phi) is 6.54. The molecule has 34 heavy (non-hydrogen) atoms. The van der Waals surface area contributed by atoms with Gasteiger partial charge in [0.15, 0.2) is 0 Å². The maximum Gasteiger partial charge on any atom is 0.339 e. The number of carboxylic acid groups (broad SMARTS) is 1. The van der Waals surface area contributed by atoms with Crippen molar-refractivity contribution in [2.45, 2.75) is 52.5 Å². The molecule has 0 saturated carbocycles. The molecule has 2 aromatic heterocycles. The third-order valence-electron chi connectivity index (χ3n) is 6.15. The van der Waals surface area contributed by atoms with Gasteiger partial charge in [-0.3, -0.25) is 4.79 Å². The van der Waals surface area contributed by atoms with Crippen LogP contribution in [0.1, 0.15) is 43.1 Å². The molecule has 0 aliphatic heterocycles. The van der Waals surface area contributed by atoms with Gasteiger partial charge in [-0.2, -0.15) is 0 Å². The Balaban J connectivity index is 1.69. The standard InChI is InChI=1S/C27H27NO6/c1-4-8-21(26(30)31)28-24(29)12-11-18-15(2)19-13-20-23(14-22(19)34-27(18)32)33-16(3)25(20)17-9-6-5-7-10-17/h5-7,9-10,13-14,21H,4,8,11-12H2,1-3H3,(H,28,29)(H,30,31). The molecule has 1 unspecified atom stereocenters. The number of aliphatic carboxylic acids is 1. The van der Waals surface area contributed by atoms with E-state index < -0.39 is 23.5 Å². The lowest BCUT2D eigenvalue weighted by atomic mass is 9.98. The first-order valence-corrected chi connectivity index (χ1v) is 11.4. The Hall–Kier alpha value is -3.87. The fraction of sp³-hybridized carbons (Fsp3) is 0.296. The van der Waals surface area contributed by atoms with Crippen LogP contribution in [0.25, 0.3) is 33.1 Å². The Morgan fingerprint density at radius 2 is 1.74 bits per heavy atom. The van der Waals surface area contributed by atoms with Crippen LogP contribution in [0.5, 0.6) is 0 Å². The van der Waals surface area contributed by atoms with Gasteiger partial charge in [0.1, 0.15) is 23.0 Å². The fourth-order valence-corrected chi connectivity index (χ4v) is 4.41. The maximum absolute atomic E-state index is 12.7. The minimum Gasteiger partial charge on any atom is -0.480 e. The summed E-state index contributed by atoms with van der Waals surface area (Å²) in [7, 11) is 0. The molecule has 2 heterocycles. The number of carbonyl (C=O) groups is 2. The monoisotopic (exact) mass is 461 g/mol. The van der Waals surface area contributed by atoms with E-state index in [4.69, 9.17) is 8.83 Å². The number of carboxylic acids is 1. The summed E-state index contributed by atoms with van der Waals surface area (Å²) in [4.78, 5) is 36.4. The van der Waals surface area contributed by atoms with Crippen molar-refractivity contribution in [3.63, 3.8) is 0 Å². The molecule has 0 bridgehead atoms. The summed E-state index contributed by atoms with van der Waals surface area (Å²) in [5.74, 6) is -0.703. The van der Waals surface area contributed by atoms with E-state index in [0.717, 1.165) is 33.2 Å². The Labute approximate surface area is 196 Å². The quantitative estimate of drug-likeness (QED) is 0.352. The van der Waals surface area contributed by atoms with Crippen LogP contribution < -0.4 is 10.9 Å². The number of benzene rings is 2. The van der Waals surface area contributed by atoms with Gasteiger partial charge in [-0.1, -0.05) is 43.7 Å². The number of aryl methyl sites for hydroxylation is 2. The SMILES string of the molecule is CCCC(NC(=O)CCc1c(C)c2cc3c(-c4ccccc4)c(C)oc3cc2oc1=O)C(=O)O. The van der Waals surface area contributed by atoms with E-state index in [1.807, 2.05) is 57.2 Å². The molecule has 2 N–H and O–H groups in total. The van der Waals surface area contributed by atoms with Crippen molar-refractivity contribution in [3.8, 4) is 11.1 Å². The van der Waals surface area contributed by atoms with Gasteiger partial charge in [0.2, 0.25) is 5.91 Å². The molecule has 1 amide bonds. The van der Waals surface area contributed by atoms with Crippen molar-refractivity contribution >= 4 is 33.8 Å². The normalized spacial score (nSPS) is 12.2. The fourth-order valence-electron chi connectivity index (χ4n) is 4.41. The summed E-state index contributed by atoms with van der Waals surface area (Å²) in [5.41, 5.74) is 3.71. The maximum atomic E-state index is 12.7. The van der Waals surface area contributed by atoms with E-state index in [9.17, 15) is 19.5 Å². The summed E-state index contributed by atoms with van der Waals surface area (Å²) < 4.78 is 11.5. The Morgan fingerprint density at radius 3 is 2.41 bits per heavy atom. The highest BCUT2D eigenvalue weighted by atomic mass is 16.4. The van der Waals surface area contributed by atoms with Crippen molar-refractivity contribution in [1.29, 1.82) is 0 Å². The molecule has 176 valence electrons. The van der Waals surface area contributed by atoms with Crippen LogP contribution in [0.3, 0.4) is 0 Å². The van der Waals surface area contributed by atoms with Gasteiger partial charge in [0.25, 0.3) is 0 Å². The van der Waals surface area contributed by atoms with E-state index in [-0.39, 0.29) is 12.8 Å². The largest absolute Gasteiger partial charge is 0.480 e. The number of hydrogen-bond donors (Lipinski definition) is 2. The van der Waals surface area contributed by atoms with E-state index in [2.05, 4.69) is 5.32 Å². The molecule has 2 aromatic carbocycles. The van der Waals surface area contributed by atoms with Gasteiger partial charge >= 0.3 is 11.6 Å². The van der Waals surface area contributed by atoms with Crippen LogP contribution in [0.15, 0.2) is 56.1 Å². The van der Waals surface area contributed by atoms with Crippen LogP contribution in [-0.4, -0.2) is 23.0 Å². The topological polar surface area (TPSA) is 110 Å². The summed E-state index contributed by atoms with van der Waals surface area (Å²) in [5, 5.41) is 13.5. The molecule has 1 atom stereocenters. The lowest BCUT2D eigenvalue weighted by molar-refractivity contribution is -0.142. The highest BCUT2D eigenvalue weighted by Gasteiger charge is 2.21. The Bertz CT molecular complexity index is 1430. The zero-order valence-corrected chi connectivity index (χ0v) is 19.4. The summed E-state index contributed by atoms with van der Waals surface area (Å²) in [6, 6.07) is 12.7. The second-order valence-electron chi connectivity index (χ2n) is 8.48. The van der Waals surface area contributed by atoms with Crippen LogP contribution in [0, 0.1) is 13.8 Å². The first-order chi connectivity index (χ1) is 16.3. The van der Waals surface area contributed by atoms with E-state index in [1.165, 1.54) is 0 Å². The minimum atomic E-state index is -1.06. The molecule has 0 saturated heterocycles. The molecule has 0 fully saturated rings. The van der Waals surface area contributed by atoms with Crippen molar-refractivity contribution in [2.75, 3.05) is 0 Å². The molecule has 0 spiro atoms. The van der Waals surface area contributed by atoms with E-state index in [1.54, 1.807) is 6.07 Å². The number of amides is 1. The van der Waals surface area contributed by atoms with E-state index >= 15 is 0 Å². The highest BCUT2D eigenvalue weighted by Crippen LogP contribution is 2.37. The molecular formula is C27H27NO6. The summed E-state index contributed by atoms with van der Waals surface area (Å²) in [6.45, 7) is 5.60. The van der Waals surface area contributed by atoms with Gasteiger partial charge in [0, 0.05) is 34.4 Å². The van der Waals surface area contributed by atoms with Gasteiger partial charge in [-0.25, -0.2) is 9.59 Å². The molecule has 7 nitrogen and oxygen atoms in total. The third-order valence-corrected chi connectivity index (χ3v) is 6.15. The molecule has 4 aromatic rings. The van der Waals surface area contributed by atoms with Crippen LogP contribution >= 0.6 is 0 Å². The number of nitrogens with one attached hydrogen (secondary N) is 1. The number of hydrogen-bond acceptors (Lipinski definition) is 5. The van der Waals surface area contributed by atoms with Gasteiger partial charge in [-0.05, 0) is 43.9 Å². The summed E-state index contributed by atoms with van der Waals surface area (Å²) >= 11 is 0. The van der Waals surface area contributed by atoms with Gasteiger partial charge in [-0.15, -0.1) is 0 Å². The predicted molar refractivity (Wildman–Crippen MR) is 130 cm³/mol. The minimum absolute atomic E-state index is 0.00701. The van der Waals surface area contributed by atoms with Crippen LogP contribution in [-0.2, 0) is 16.0 Å². The first kappa shape index (κ1) is 23.3. The van der Waals surface area contributed by atoms with Crippen LogP contribution in [0.2, 0.25) is 0 Å². The Morgan fingerprint density at radius 1 is 1.03 bits per heavy atom. The molecule has 0 aliphatic rings. The van der Waals surface area contributed by atoms with E-state index in [0.29, 0.717) is 29.6 Å². The number of carbonyl (C=O) groups excluding carboxylic acids is 1. The molecule has 0 aliphatic carbocycles. The first-order valence-electron chi connectivity index (χ1n) is 11.4. The number of fused-ring (bicyclic) bond motifs is 2. The zero-order valence-electron chi connectivity index (χ0n) is 19.4. The molecule has 0 radical (unpaired) electrons. The highest BCUT2D eigenvalue weighted by molar-refractivity contribution is 6.03. The third kappa shape index (κ3) is 4.46. The van der Waals surface area contributed by atoms with Crippen molar-refractivity contribution < 1.29 is 23.5 Å². The zero-order chi connectivity index (χ0) is 24.4. The van der Waals surface area contributed by atoms with Crippen LogP contribution in [0.4, 0.5) is 0 Å². The number of furan rings is 1. The van der Waals surface area contributed by atoms with Crippen molar-refractivity contribution in [2.24, 2.45) is 0 Å². The molecule has 4 rings (SSSR count). The average Bonchev–Trinajstić information content (AvgIpc) is 3.12. The van der Waals surface area contributed by atoms with Gasteiger partial charge in [0.05, 0.1) is 0 Å². The smallest absolute Gasteiger partial charge is 0.339 e. The predicted octanol–water partition coefficient (Wildman–Crippen LogP) is 5.13. The lowest BCUT2D eigenvalue weighted by Gasteiger charge is -2.14. The lowest BCUT2D eigenvalue weighted by Crippen LogP contribution is -2.40. The van der Waals surface area contributed by atoms with Crippen molar-refractivity contribution in [1.82, 2.24) is 5.32 Å².